The van der Waals surface area contributed by atoms with Crippen LogP contribution in [0.4, 0.5) is 0 Å². The number of aromatic nitrogens is 1. The molecular formula is C24H32N4O6. The second kappa shape index (κ2) is 11.7. The van der Waals surface area contributed by atoms with Crippen LogP contribution >= 0.6 is 0 Å². The average molecular weight is 473 g/mol. The van der Waals surface area contributed by atoms with E-state index in [9.17, 15) is 9.59 Å². The van der Waals surface area contributed by atoms with Gasteiger partial charge in [-0.1, -0.05) is 0 Å². The van der Waals surface area contributed by atoms with Gasteiger partial charge in [-0.3, -0.25) is 9.59 Å². The number of hydrogen-bond acceptors (Lipinski definition) is 7. The fraction of sp³-hybridized carbons (Fsp3) is 0.458. The van der Waals surface area contributed by atoms with Crippen molar-refractivity contribution in [3.63, 3.8) is 0 Å². The number of carbonyl (C=O) groups excluding carboxylic acids is 2. The topological polar surface area (TPSA) is 94.8 Å². The monoisotopic (exact) mass is 472 g/mol. The van der Waals surface area contributed by atoms with Crippen LogP contribution < -0.4 is 9.47 Å². The lowest BCUT2D eigenvalue weighted by molar-refractivity contribution is -0.144. The second-order valence-electron chi connectivity index (χ2n) is 7.86. The van der Waals surface area contributed by atoms with E-state index in [2.05, 4.69) is 0 Å². The average Bonchev–Trinajstić information content (AvgIpc) is 3.47. The summed E-state index contributed by atoms with van der Waals surface area (Å²) in [4.78, 5) is 27.5. The summed E-state index contributed by atoms with van der Waals surface area (Å²) in [6, 6.07) is 8.93. The normalized spacial score (nSPS) is 15.3. The standard InChI is InChI=1S/C24H32N4O6/c1-26-10-6-7-20(26)19-14-21(18-13-17(33-4)8-9-22(18)34-5)28(25-19)23(29)15-27(11-12-31-2)24(30)16-32-3/h6-10,13,21H,11-12,14-16H2,1-5H3. The van der Waals surface area contributed by atoms with Crippen LogP contribution in [0, 0.1) is 0 Å². The fourth-order valence-electron chi connectivity index (χ4n) is 3.94. The zero-order chi connectivity index (χ0) is 24.7. The van der Waals surface area contributed by atoms with Crippen LogP contribution in [0.5, 0.6) is 11.5 Å². The first kappa shape index (κ1) is 25.3. The highest BCUT2D eigenvalue weighted by atomic mass is 16.5. The maximum Gasteiger partial charge on any atom is 0.262 e. The van der Waals surface area contributed by atoms with Gasteiger partial charge in [-0.05, 0) is 30.3 Å². The molecule has 0 saturated carbocycles. The molecule has 3 rings (SSSR count). The molecule has 1 atom stereocenters. The summed E-state index contributed by atoms with van der Waals surface area (Å²) in [6.07, 6.45) is 2.41. The first-order chi connectivity index (χ1) is 16.4. The molecule has 1 unspecified atom stereocenters. The van der Waals surface area contributed by atoms with Gasteiger partial charge in [-0.25, -0.2) is 5.01 Å². The van der Waals surface area contributed by atoms with Gasteiger partial charge < -0.3 is 28.4 Å². The molecule has 0 N–H and O–H groups in total. The zero-order valence-corrected chi connectivity index (χ0v) is 20.3. The summed E-state index contributed by atoms with van der Waals surface area (Å²) in [5.41, 5.74) is 2.45. The predicted octanol–water partition coefficient (Wildman–Crippen LogP) is 1.84. The van der Waals surface area contributed by atoms with E-state index in [1.807, 2.05) is 42.1 Å². The molecule has 184 valence electrons. The van der Waals surface area contributed by atoms with Gasteiger partial charge in [-0.2, -0.15) is 5.10 Å². The molecular weight excluding hydrogens is 440 g/mol. The van der Waals surface area contributed by atoms with Gasteiger partial charge >= 0.3 is 0 Å². The lowest BCUT2D eigenvalue weighted by Crippen LogP contribution is -2.44. The number of amides is 2. The maximum absolute atomic E-state index is 13.5. The van der Waals surface area contributed by atoms with Crippen molar-refractivity contribution in [2.24, 2.45) is 12.1 Å². The van der Waals surface area contributed by atoms with E-state index in [1.54, 1.807) is 27.4 Å². The number of hydrazone groups is 1. The molecule has 10 nitrogen and oxygen atoms in total. The van der Waals surface area contributed by atoms with Gasteiger partial charge in [0.25, 0.3) is 5.91 Å². The summed E-state index contributed by atoms with van der Waals surface area (Å²) < 4.78 is 23.1. The van der Waals surface area contributed by atoms with Crippen molar-refractivity contribution in [1.82, 2.24) is 14.5 Å². The first-order valence-electron chi connectivity index (χ1n) is 10.9. The summed E-state index contributed by atoms with van der Waals surface area (Å²) >= 11 is 0. The number of benzene rings is 1. The van der Waals surface area contributed by atoms with E-state index < -0.39 is 6.04 Å². The molecule has 1 aliphatic heterocycles. The lowest BCUT2D eigenvalue weighted by atomic mass is 9.99. The van der Waals surface area contributed by atoms with Crippen molar-refractivity contribution in [2.75, 3.05) is 54.7 Å². The molecule has 0 radical (unpaired) electrons. The number of carbonyl (C=O) groups is 2. The minimum absolute atomic E-state index is 0.123. The van der Waals surface area contributed by atoms with Crippen LogP contribution in [0.1, 0.15) is 23.7 Å². The van der Waals surface area contributed by atoms with Gasteiger partial charge in [-0.15, -0.1) is 0 Å². The van der Waals surface area contributed by atoms with E-state index in [4.69, 9.17) is 24.0 Å². The third-order valence-electron chi connectivity index (χ3n) is 5.71. The quantitative estimate of drug-likeness (QED) is 0.495. The Hall–Kier alpha value is -3.37. The van der Waals surface area contributed by atoms with Crippen molar-refractivity contribution >= 4 is 17.5 Å². The summed E-state index contributed by atoms with van der Waals surface area (Å²) in [7, 11) is 8.09. The van der Waals surface area contributed by atoms with Crippen LogP contribution in [-0.4, -0.2) is 86.7 Å². The number of ether oxygens (including phenoxy) is 4. The van der Waals surface area contributed by atoms with Crippen LogP contribution in [0.2, 0.25) is 0 Å². The van der Waals surface area contributed by atoms with Crippen LogP contribution in [0.3, 0.4) is 0 Å². The predicted molar refractivity (Wildman–Crippen MR) is 126 cm³/mol. The van der Waals surface area contributed by atoms with Crippen LogP contribution in [-0.2, 0) is 26.1 Å². The number of methoxy groups -OCH3 is 4. The Morgan fingerprint density at radius 3 is 2.53 bits per heavy atom. The Labute approximate surface area is 199 Å². The van der Waals surface area contributed by atoms with E-state index in [0.29, 0.717) is 24.5 Å². The highest BCUT2D eigenvalue weighted by molar-refractivity contribution is 6.02. The summed E-state index contributed by atoms with van der Waals surface area (Å²) in [5, 5.41) is 6.15. The largest absolute Gasteiger partial charge is 0.497 e. The second-order valence-corrected chi connectivity index (χ2v) is 7.86. The molecule has 10 heteroatoms. The van der Waals surface area contributed by atoms with E-state index in [1.165, 1.54) is 17.0 Å². The Balaban J connectivity index is 1.97. The fourth-order valence-corrected chi connectivity index (χ4v) is 3.94. The Morgan fingerprint density at radius 1 is 1.12 bits per heavy atom. The van der Waals surface area contributed by atoms with Crippen molar-refractivity contribution in [2.45, 2.75) is 12.5 Å². The minimum Gasteiger partial charge on any atom is -0.497 e. The molecule has 1 aromatic heterocycles. The van der Waals surface area contributed by atoms with Crippen LogP contribution in [0.15, 0.2) is 41.6 Å². The molecule has 0 spiro atoms. The van der Waals surface area contributed by atoms with Crippen molar-refractivity contribution in [3.8, 4) is 11.5 Å². The zero-order valence-electron chi connectivity index (χ0n) is 20.3. The van der Waals surface area contributed by atoms with Gasteiger partial charge in [0.1, 0.15) is 24.7 Å². The Kier molecular flexibility index (Phi) is 8.67. The van der Waals surface area contributed by atoms with Crippen molar-refractivity contribution < 1.29 is 28.5 Å². The Morgan fingerprint density at radius 2 is 1.91 bits per heavy atom. The molecule has 2 heterocycles. The van der Waals surface area contributed by atoms with E-state index in [0.717, 1.165) is 17.0 Å². The van der Waals surface area contributed by atoms with Crippen LogP contribution in [0.25, 0.3) is 0 Å². The molecule has 34 heavy (non-hydrogen) atoms. The number of nitrogens with zero attached hydrogens (tertiary/aromatic N) is 4. The number of hydrogen-bond donors (Lipinski definition) is 0. The highest BCUT2D eigenvalue weighted by Gasteiger charge is 2.36. The molecule has 2 aromatic rings. The number of rotatable bonds is 11. The molecule has 0 aliphatic carbocycles. The molecule has 0 saturated heterocycles. The highest BCUT2D eigenvalue weighted by Crippen LogP contribution is 2.39. The van der Waals surface area contributed by atoms with Crippen molar-refractivity contribution in [3.05, 3.63) is 47.8 Å². The van der Waals surface area contributed by atoms with Gasteiger partial charge in [0.15, 0.2) is 0 Å². The summed E-state index contributed by atoms with van der Waals surface area (Å²) in [6.45, 7) is 0.286. The van der Waals surface area contributed by atoms with Gasteiger partial charge in [0, 0.05) is 46.0 Å². The lowest BCUT2D eigenvalue weighted by Gasteiger charge is -2.27. The first-order valence-corrected chi connectivity index (χ1v) is 10.9. The van der Waals surface area contributed by atoms with Crippen molar-refractivity contribution in [1.29, 1.82) is 0 Å². The Bertz CT molecular complexity index is 1030. The minimum atomic E-state index is -0.427. The smallest absolute Gasteiger partial charge is 0.262 e. The summed E-state index contributed by atoms with van der Waals surface area (Å²) in [5.74, 6) is 0.653. The third-order valence-corrected chi connectivity index (χ3v) is 5.71. The molecule has 0 bridgehead atoms. The van der Waals surface area contributed by atoms with E-state index in [-0.39, 0.29) is 31.5 Å². The SMILES string of the molecule is COCCN(CC(=O)N1N=C(c2cccn2C)CC1c1cc(OC)ccc1OC)C(=O)COC. The molecule has 0 fully saturated rings. The van der Waals surface area contributed by atoms with Gasteiger partial charge in [0.05, 0.1) is 38.3 Å². The molecule has 2 amide bonds. The number of aryl methyl sites for hydroxylation is 1. The van der Waals surface area contributed by atoms with Gasteiger partial charge in [0.2, 0.25) is 5.91 Å². The third kappa shape index (κ3) is 5.57. The molecule has 1 aliphatic rings. The maximum atomic E-state index is 13.5. The van der Waals surface area contributed by atoms with E-state index >= 15 is 0 Å². The molecule has 1 aromatic carbocycles.